The van der Waals surface area contributed by atoms with Crippen LogP contribution in [0.2, 0.25) is 0 Å². The van der Waals surface area contributed by atoms with Crippen molar-refractivity contribution in [1.29, 1.82) is 5.26 Å². The number of rotatable bonds is 2. The molecule has 0 bridgehead atoms. The minimum absolute atomic E-state index is 0.307. The molecule has 0 aliphatic carbocycles. The fourth-order valence-corrected chi connectivity index (χ4v) is 1.66. The lowest BCUT2D eigenvalue weighted by molar-refractivity contribution is 0.457. The summed E-state index contributed by atoms with van der Waals surface area (Å²) in [4.78, 5) is 3.92. The summed E-state index contributed by atoms with van der Waals surface area (Å²) in [6, 6.07) is 9.30. The van der Waals surface area contributed by atoms with Gasteiger partial charge >= 0.3 is 0 Å². The number of nitrogens with zero attached hydrogens (tertiary/aromatic N) is 2. The summed E-state index contributed by atoms with van der Waals surface area (Å²) in [5.41, 5.74) is 0.442. The molecule has 0 saturated heterocycles. The van der Waals surface area contributed by atoms with Gasteiger partial charge in [0.05, 0.1) is 5.56 Å². The number of aromatic nitrogens is 1. The standard InChI is InChI=1S/C12H6BrFN2O/c13-9-3-10(14)5-11(4-9)17-12-2-1-8(6-15)7-16-12/h1-5,7H. The van der Waals surface area contributed by atoms with E-state index in [-0.39, 0.29) is 0 Å². The molecule has 1 aromatic heterocycles. The molecule has 2 aromatic rings. The number of benzene rings is 1. The second-order valence-electron chi connectivity index (χ2n) is 3.20. The highest BCUT2D eigenvalue weighted by Gasteiger charge is 2.02. The summed E-state index contributed by atoms with van der Waals surface area (Å²) in [5, 5.41) is 8.60. The average Bonchev–Trinajstić information content (AvgIpc) is 2.28. The smallest absolute Gasteiger partial charge is 0.219 e. The molecule has 0 spiro atoms. The highest BCUT2D eigenvalue weighted by molar-refractivity contribution is 9.10. The third-order valence-electron chi connectivity index (χ3n) is 1.92. The van der Waals surface area contributed by atoms with E-state index in [1.165, 1.54) is 18.3 Å². The van der Waals surface area contributed by atoms with E-state index < -0.39 is 5.82 Å². The second-order valence-corrected chi connectivity index (χ2v) is 4.12. The Morgan fingerprint density at radius 3 is 2.71 bits per heavy atom. The largest absolute Gasteiger partial charge is 0.439 e. The number of pyridine rings is 1. The van der Waals surface area contributed by atoms with Gasteiger partial charge in [0.15, 0.2) is 0 Å². The summed E-state index contributed by atoms with van der Waals surface area (Å²) in [6.45, 7) is 0. The van der Waals surface area contributed by atoms with Gasteiger partial charge in [-0.3, -0.25) is 0 Å². The lowest BCUT2D eigenvalue weighted by Gasteiger charge is -2.05. The van der Waals surface area contributed by atoms with E-state index in [1.54, 1.807) is 18.2 Å². The summed E-state index contributed by atoms with van der Waals surface area (Å²) in [5.74, 6) is 0.249. The van der Waals surface area contributed by atoms with Gasteiger partial charge in [-0.15, -0.1) is 0 Å². The van der Waals surface area contributed by atoms with Crippen LogP contribution in [0.3, 0.4) is 0 Å². The van der Waals surface area contributed by atoms with Crippen LogP contribution in [-0.4, -0.2) is 4.98 Å². The first-order valence-corrected chi connectivity index (χ1v) is 5.47. The average molecular weight is 293 g/mol. The molecule has 0 saturated carbocycles. The maximum atomic E-state index is 13.1. The van der Waals surface area contributed by atoms with Crippen molar-refractivity contribution in [1.82, 2.24) is 4.98 Å². The molecule has 2 rings (SSSR count). The van der Waals surface area contributed by atoms with Crippen molar-refractivity contribution in [2.75, 3.05) is 0 Å². The first-order chi connectivity index (χ1) is 8.17. The molecule has 1 aromatic carbocycles. The molecule has 3 nitrogen and oxygen atoms in total. The van der Waals surface area contributed by atoms with Crippen molar-refractivity contribution in [3.63, 3.8) is 0 Å². The van der Waals surface area contributed by atoms with Crippen LogP contribution in [-0.2, 0) is 0 Å². The van der Waals surface area contributed by atoms with Crippen LogP contribution in [0.25, 0.3) is 0 Å². The van der Waals surface area contributed by atoms with Gasteiger partial charge in [0.2, 0.25) is 5.88 Å². The van der Waals surface area contributed by atoms with Crippen LogP contribution in [0.4, 0.5) is 4.39 Å². The monoisotopic (exact) mass is 292 g/mol. The van der Waals surface area contributed by atoms with Crippen LogP contribution in [0.5, 0.6) is 11.6 Å². The SMILES string of the molecule is N#Cc1ccc(Oc2cc(F)cc(Br)c2)nc1. The van der Waals surface area contributed by atoms with E-state index in [0.29, 0.717) is 21.7 Å². The van der Waals surface area contributed by atoms with E-state index in [0.717, 1.165) is 0 Å². The maximum absolute atomic E-state index is 13.1. The molecule has 17 heavy (non-hydrogen) atoms. The number of hydrogen-bond acceptors (Lipinski definition) is 3. The Labute approximate surface area is 106 Å². The predicted octanol–water partition coefficient (Wildman–Crippen LogP) is 3.65. The first kappa shape index (κ1) is 11.6. The quantitative estimate of drug-likeness (QED) is 0.849. The zero-order valence-corrected chi connectivity index (χ0v) is 10.1. The van der Waals surface area contributed by atoms with Gasteiger partial charge in [-0.25, -0.2) is 9.37 Å². The highest BCUT2D eigenvalue weighted by atomic mass is 79.9. The Balaban J connectivity index is 2.22. The molecule has 5 heteroatoms. The van der Waals surface area contributed by atoms with Crippen molar-refractivity contribution in [2.45, 2.75) is 0 Å². The molecule has 1 heterocycles. The van der Waals surface area contributed by atoms with E-state index in [9.17, 15) is 4.39 Å². The Bertz CT molecular complexity index is 558. The number of halogens is 2. The molecule has 0 N–H and O–H groups in total. The van der Waals surface area contributed by atoms with Crippen molar-refractivity contribution < 1.29 is 9.13 Å². The lowest BCUT2D eigenvalue weighted by atomic mass is 10.3. The summed E-state index contributed by atoms with van der Waals surface area (Å²) >= 11 is 3.17. The fraction of sp³-hybridized carbons (Fsp3) is 0. The van der Waals surface area contributed by atoms with E-state index >= 15 is 0 Å². The summed E-state index contributed by atoms with van der Waals surface area (Å²) < 4.78 is 19.0. The van der Waals surface area contributed by atoms with Gasteiger partial charge in [0.1, 0.15) is 17.6 Å². The van der Waals surface area contributed by atoms with Gasteiger partial charge in [-0.2, -0.15) is 5.26 Å². The van der Waals surface area contributed by atoms with Gasteiger partial charge < -0.3 is 4.74 Å². The molecule has 0 unspecified atom stereocenters. The maximum Gasteiger partial charge on any atom is 0.219 e. The first-order valence-electron chi connectivity index (χ1n) is 4.67. The van der Waals surface area contributed by atoms with E-state index in [4.69, 9.17) is 10.00 Å². The van der Waals surface area contributed by atoms with Crippen molar-refractivity contribution in [2.24, 2.45) is 0 Å². The molecule has 0 aliphatic rings. The number of ether oxygens (including phenoxy) is 1. The topological polar surface area (TPSA) is 45.9 Å². The zero-order chi connectivity index (χ0) is 12.3. The zero-order valence-electron chi connectivity index (χ0n) is 8.52. The Kier molecular flexibility index (Phi) is 3.35. The van der Waals surface area contributed by atoms with Crippen LogP contribution >= 0.6 is 15.9 Å². The second kappa shape index (κ2) is 4.93. The Hall–Kier alpha value is -1.93. The van der Waals surface area contributed by atoms with Gasteiger partial charge in [-0.05, 0) is 18.2 Å². The number of hydrogen-bond donors (Lipinski definition) is 0. The van der Waals surface area contributed by atoms with Crippen LogP contribution in [0.1, 0.15) is 5.56 Å². The van der Waals surface area contributed by atoms with Gasteiger partial charge in [0.25, 0.3) is 0 Å². The molecular formula is C12H6BrFN2O. The molecule has 84 valence electrons. The third kappa shape index (κ3) is 3.02. The minimum atomic E-state index is -0.400. The molecule has 0 atom stereocenters. The third-order valence-corrected chi connectivity index (χ3v) is 2.38. The predicted molar refractivity (Wildman–Crippen MR) is 63.1 cm³/mol. The highest BCUT2D eigenvalue weighted by Crippen LogP contribution is 2.24. The summed E-state index contributed by atoms with van der Waals surface area (Å²) in [7, 11) is 0. The summed E-state index contributed by atoms with van der Waals surface area (Å²) in [6.07, 6.45) is 1.39. The number of nitriles is 1. The molecular weight excluding hydrogens is 287 g/mol. The Morgan fingerprint density at radius 1 is 1.29 bits per heavy atom. The van der Waals surface area contributed by atoms with Gasteiger partial charge in [-0.1, -0.05) is 15.9 Å². The van der Waals surface area contributed by atoms with E-state index in [2.05, 4.69) is 20.9 Å². The van der Waals surface area contributed by atoms with Crippen LogP contribution in [0, 0.1) is 17.1 Å². The molecule has 0 radical (unpaired) electrons. The van der Waals surface area contributed by atoms with E-state index in [1.807, 2.05) is 6.07 Å². The van der Waals surface area contributed by atoms with Crippen LogP contribution < -0.4 is 4.74 Å². The van der Waals surface area contributed by atoms with Gasteiger partial charge in [0, 0.05) is 22.8 Å². The van der Waals surface area contributed by atoms with Crippen molar-refractivity contribution in [3.05, 3.63) is 52.4 Å². The Morgan fingerprint density at radius 2 is 2.12 bits per heavy atom. The van der Waals surface area contributed by atoms with Crippen molar-refractivity contribution in [3.8, 4) is 17.7 Å². The lowest BCUT2D eigenvalue weighted by Crippen LogP contribution is -1.89. The molecule has 0 amide bonds. The fourth-order valence-electron chi connectivity index (χ4n) is 1.22. The van der Waals surface area contributed by atoms with Crippen molar-refractivity contribution >= 4 is 15.9 Å². The molecule has 0 fully saturated rings. The van der Waals surface area contributed by atoms with Crippen LogP contribution in [0.15, 0.2) is 41.0 Å². The molecule has 0 aliphatic heterocycles. The normalized spacial score (nSPS) is 9.71. The minimum Gasteiger partial charge on any atom is -0.439 e.